The van der Waals surface area contributed by atoms with Crippen LogP contribution < -0.4 is 5.32 Å². The number of nitrogens with zero attached hydrogens (tertiary/aromatic N) is 3. The molecule has 3 heterocycles. The maximum atomic E-state index is 14.2. The average molecular weight is 498 g/mol. The second kappa shape index (κ2) is 8.38. The van der Waals surface area contributed by atoms with Crippen LogP contribution in [0.5, 0.6) is 0 Å². The van der Waals surface area contributed by atoms with Gasteiger partial charge in [-0.2, -0.15) is 13.2 Å². The minimum Gasteiger partial charge on any atom is -0.474 e. The average Bonchev–Trinajstić information content (AvgIpc) is 3.34. The summed E-state index contributed by atoms with van der Waals surface area (Å²) >= 11 is 0.967. The van der Waals surface area contributed by atoms with Gasteiger partial charge in [0.25, 0.3) is 0 Å². The van der Waals surface area contributed by atoms with E-state index in [0.29, 0.717) is 17.4 Å². The van der Waals surface area contributed by atoms with Crippen molar-refractivity contribution in [1.82, 2.24) is 14.8 Å². The number of amides is 4. The molecule has 2 aliphatic heterocycles. The largest absolute Gasteiger partial charge is 0.474 e. The number of hydrogen-bond donors (Lipinski definition) is 1. The van der Waals surface area contributed by atoms with Crippen molar-refractivity contribution in [3.05, 3.63) is 46.3 Å². The fraction of sp³-hybridized carbons (Fsp3) is 0.333. The first kappa shape index (κ1) is 23.7. The topological polar surface area (TPSA) is 91.8 Å². The Bertz CT molecular complexity index is 1230. The smallest absolute Gasteiger partial charge is 0.416 e. The fourth-order valence-corrected chi connectivity index (χ4v) is 4.59. The van der Waals surface area contributed by atoms with Crippen LogP contribution in [0.25, 0.3) is 11.3 Å². The molecule has 0 saturated carbocycles. The molecule has 0 bridgehead atoms. The zero-order valence-electron chi connectivity index (χ0n) is 18.1. The molecule has 13 heteroatoms. The second-order valence-electron chi connectivity index (χ2n) is 7.81. The van der Waals surface area contributed by atoms with Crippen LogP contribution in [0, 0.1) is 11.7 Å². The number of anilines is 1. The Labute approximate surface area is 194 Å². The number of urea groups is 1. The molecular weight excluding hydrogens is 480 g/mol. The van der Waals surface area contributed by atoms with Crippen molar-refractivity contribution in [1.29, 1.82) is 0 Å². The number of nitrogens with one attached hydrogen (secondary N) is 1. The third-order valence-electron chi connectivity index (χ3n) is 5.65. The first-order valence-corrected chi connectivity index (χ1v) is 10.8. The van der Waals surface area contributed by atoms with Gasteiger partial charge in [0.2, 0.25) is 11.8 Å². The van der Waals surface area contributed by atoms with Gasteiger partial charge in [0.15, 0.2) is 11.4 Å². The number of halogens is 4. The van der Waals surface area contributed by atoms with Crippen LogP contribution in [0.1, 0.15) is 18.9 Å². The van der Waals surface area contributed by atoms with Crippen molar-refractivity contribution in [2.24, 2.45) is 5.92 Å². The molecule has 1 saturated heterocycles. The van der Waals surface area contributed by atoms with E-state index < -0.39 is 47.5 Å². The number of imide groups is 1. The van der Waals surface area contributed by atoms with Gasteiger partial charge in [-0.25, -0.2) is 14.2 Å². The van der Waals surface area contributed by atoms with E-state index in [2.05, 4.69) is 10.3 Å². The number of allylic oxidation sites excluding steroid dienone is 1. The van der Waals surface area contributed by atoms with Crippen molar-refractivity contribution in [3.63, 3.8) is 0 Å². The van der Waals surface area contributed by atoms with E-state index in [9.17, 15) is 31.9 Å². The first-order chi connectivity index (χ1) is 15.9. The molecule has 8 nitrogen and oxygen atoms in total. The Hall–Kier alpha value is -3.48. The molecule has 4 rings (SSSR count). The van der Waals surface area contributed by atoms with E-state index in [0.717, 1.165) is 28.4 Å². The number of rotatable bonds is 4. The number of carbonyl (C=O) groups is 3. The molecule has 0 spiro atoms. The molecule has 2 atom stereocenters. The molecule has 1 aromatic carbocycles. The normalized spacial score (nSPS) is 20.6. The van der Waals surface area contributed by atoms with Gasteiger partial charge in [-0.1, -0.05) is 0 Å². The highest BCUT2D eigenvalue weighted by Crippen LogP contribution is 2.39. The fourth-order valence-electron chi connectivity index (χ4n) is 3.86. The highest BCUT2D eigenvalue weighted by molar-refractivity contribution is 7.14. The summed E-state index contributed by atoms with van der Waals surface area (Å²) in [7, 11) is 2.84. The number of carbonyl (C=O) groups excluding carboxylic acids is 3. The van der Waals surface area contributed by atoms with E-state index in [1.807, 2.05) is 0 Å². The van der Waals surface area contributed by atoms with Gasteiger partial charge in [0.1, 0.15) is 11.7 Å². The number of hydrogen-bond acceptors (Lipinski definition) is 6. The second-order valence-corrected chi connectivity index (χ2v) is 8.67. The summed E-state index contributed by atoms with van der Waals surface area (Å²) in [5.41, 5.74) is -0.771. The lowest BCUT2D eigenvalue weighted by atomic mass is 9.92. The van der Waals surface area contributed by atoms with Crippen molar-refractivity contribution in [2.45, 2.75) is 25.7 Å². The third kappa shape index (κ3) is 4.11. The molecule has 1 aromatic heterocycles. The maximum Gasteiger partial charge on any atom is 0.416 e. The summed E-state index contributed by atoms with van der Waals surface area (Å²) in [6.45, 7) is 1.60. The lowest BCUT2D eigenvalue weighted by Gasteiger charge is -2.37. The van der Waals surface area contributed by atoms with Crippen molar-refractivity contribution in [2.75, 3.05) is 19.4 Å². The van der Waals surface area contributed by atoms with Gasteiger partial charge in [-0.15, -0.1) is 11.3 Å². The van der Waals surface area contributed by atoms with Crippen LogP contribution in [0.2, 0.25) is 0 Å². The number of aromatic nitrogens is 1. The van der Waals surface area contributed by atoms with Crippen LogP contribution in [-0.2, 0) is 20.5 Å². The summed E-state index contributed by atoms with van der Waals surface area (Å²) in [4.78, 5) is 43.8. The summed E-state index contributed by atoms with van der Waals surface area (Å²) in [5.74, 6) is -2.57. The Morgan fingerprint density at radius 2 is 1.97 bits per heavy atom. The SMILES string of the molecule is CC1=C(CC(=O)Nc2nc(-c3ccc(C(F)(F)F)cc3F)cs2)C2C(=O)N(C)C(=O)N(C)C2O1. The molecular formula is C21H18F4N4O4S. The van der Waals surface area contributed by atoms with Gasteiger partial charge in [0.05, 0.1) is 23.4 Å². The molecule has 34 heavy (non-hydrogen) atoms. The quantitative estimate of drug-likeness (QED) is 0.642. The standard InChI is InChI=1S/C21H18F4N4O4S/c1-9-12(16-17(31)28(2)20(32)29(3)18(16)33-9)7-15(30)27-19-26-14(8-34-19)11-5-4-10(6-13(11)22)21(23,24)25/h4-6,8,16,18H,7H2,1-3H3,(H,26,27,30). The van der Waals surface area contributed by atoms with Gasteiger partial charge in [0, 0.05) is 25.0 Å². The van der Waals surface area contributed by atoms with Crippen LogP contribution in [-0.4, -0.2) is 53.0 Å². The molecule has 1 N–H and O–H groups in total. The zero-order chi connectivity index (χ0) is 24.9. The summed E-state index contributed by atoms with van der Waals surface area (Å²) in [5, 5.41) is 4.05. The van der Waals surface area contributed by atoms with Crippen LogP contribution >= 0.6 is 11.3 Å². The highest BCUT2D eigenvalue weighted by atomic mass is 32.1. The van der Waals surface area contributed by atoms with E-state index >= 15 is 0 Å². The van der Waals surface area contributed by atoms with Crippen LogP contribution in [0.15, 0.2) is 34.9 Å². The lowest BCUT2D eigenvalue weighted by Crippen LogP contribution is -2.58. The lowest BCUT2D eigenvalue weighted by molar-refractivity contribution is -0.141. The van der Waals surface area contributed by atoms with Crippen molar-refractivity contribution < 1.29 is 36.7 Å². The third-order valence-corrected chi connectivity index (χ3v) is 6.41. The van der Waals surface area contributed by atoms with Gasteiger partial charge in [-0.3, -0.25) is 19.4 Å². The maximum absolute atomic E-state index is 14.2. The van der Waals surface area contributed by atoms with Crippen LogP contribution in [0.4, 0.5) is 27.5 Å². The van der Waals surface area contributed by atoms with Gasteiger partial charge in [-0.05, 0) is 30.7 Å². The minimum atomic E-state index is -4.67. The molecule has 180 valence electrons. The number of benzene rings is 1. The summed E-state index contributed by atoms with van der Waals surface area (Å²) in [6.07, 6.45) is -5.72. The summed E-state index contributed by atoms with van der Waals surface area (Å²) in [6, 6.07) is 1.60. The van der Waals surface area contributed by atoms with Gasteiger partial charge < -0.3 is 10.1 Å². The first-order valence-electron chi connectivity index (χ1n) is 9.91. The molecule has 2 aliphatic rings. The van der Waals surface area contributed by atoms with Crippen molar-refractivity contribution >= 4 is 34.3 Å². The molecule has 4 amide bonds. The highest BCUT2D eigenvalue weighted by Gasteiger charge is 2.51. The molecule has 2 unspecified atom stereocenters. The molecule has 0 radical (unpaired) electrons. The Balaban J connectivity index is 1.47. The van der Waals surface area contributed by atoms with E-state index in [1.54, 1.807) is 6.92 Å². The Kier molecular flexibility index (Phi) is 5.84. The predicted molar refractivity (Wildman–Crippen MR) is 113 cm³/mol. The number of alkyl halides is 3. The number of ether oxygens (including phenoxy) is 1. The molecule has 0 aliphatic carbocycles. The Morgan fingerprint density at radius 3 is 2.62 bits per heavy atom. The van der Waals surface area contributed by atoms with E-state index in [-0.39, 0.29) is 22.8 Å². The minimum absolute atomic E-state index is 0.0652. The van der Waals surface area contributed by atoms with E-state index in [1.165, 1.54) is 24.4 Å². The number of fused-ring (bicyclic) bond motifs is 1. The van der Waals surface area contributed by atoms with Crippen molar-refractivity contribution in [3.8, 4) is 11.3 Å². The number of thiazole rings is 1. The van der Waals surface area contributed by atoms with Gasteiger partial charge >= 0.3 is 12.2 Å². The predicted octanol–water partition coefficient (Wildman–Crippen LogP) is 4.07. The summed E-state index contributed by atoms with van der Waals surface area (Å²) < 4.78 is 58.1. The monoisotopic (exact) mass is 498 g/mol. The zero-order valence-corrected chi connectivity index (χ0v) is 18.9. The Morgan fingerprint density at radius 1 is 1.26 bits per heavy atom. The molecule has 2 aromatic rings. The van der Waals surface area contributed by atoms with E-state index in [4.69, 9.17) is 4.74 Å². The molecule has 1 fully saturated rings. The van der Waals surface area contributed by atoms with Crippen LogP contribution in [0.3, 0.4) is 0 Å².